The number of ether oxygens (including phenoxy) is 1. The number of aryl methyl sites for hydroxylation is 1. The Morgan fingerprint density at radius 1 is 1.04 bits per heavy atom. The summed E-state index contributed by atoms with van der Waals surface area (Å²) >= 11 is 5.86. The maximum absolute atomic E-state index is 12.8. The molecule has 3 rings (SSSR count). The molecule has 3 aromatic rings. The van der Waals surface area contributed by atoms with E-state index in [1.54, 1.807) is 41.3 Å². The monoisotopic (exact) mass is 399 g/mol. The Morgan fingerprint density at radius 2 is 1.75 bits per heavy atom. The van der Waals surface area contributed by atoms with Crippen molar-refractivity contribution in [3.8, 4) is 17.1 Å². The molecule has 6 heteroatoms. The number of aliphatic hydroxyl groups is 1. The van der Waals surface area contributed by atoms with Gasteiger partial charge in [-0.15, -0.1) is 0 Å². The lowest BCUT2D eigenvalue weighted by atomic mass is 10.1. The number of furan rings is 1. The second-order valence-corrected chi connectivity index (χ2v) is 6.74. The van der Waals surface area contributed by atoms with Crippen LogP contribution < -0.4 is 4.74 Å². The zero-order chi connectivity index (χ0) is 19.9. The van der Waals surface area contributed by atoms with Gasteiger partial charge in [0, 0.05) is 22.7 Å². The van der Waals surface area contributed by atoms with Crippen LogP contribution in [0.15, 0.2) is 65.1 Å². The van der Waals surface area contributed by atoms with E-state index in [0.717, 1.165) is 17.1 Å². The third kappa shape index (κ3) is 5.15. The van der Waals surface area contributed by atoms with Gasteiger partial charge in [0.2, 0.25) is 0 Å². The van der Waals surface area contributed by atoms with Crippen molar-refractivity contribution >= 4 is 17.5 Å². The van der Waals surface area contributed by atoms with Crippen LogP contribution in [0.3, 0.4) is 0 Å². The first-order chi connectivity index (χ1) is 13.6. The van der Waals surface area contributed by atoms with Crippen LogP contribution in [0.5, 0.6) is 5.75 Å². The minimum Gasteiger partial charge on any atom is -0.492 e. The van der Waals surface area contributed by atoms with E-state index in [1.165, 1.54) is 0 Å². The average Bonchev–Trinajstić information content (AvgIpc) is 3.15. The molecule has 28 heavy (non-hydrogen) atoms. The molecule has 0 atom stereocenters. The van der Waals surface area contributed by atoms with Crippen molar-refractivity contribution in [3.05, 3.63) is 77.0 Å². The van der Waals surface area contributed by atoms with Crippen molar-refractivity contribution in [1.29, 1.82) is 0 Å². The zero-order valence-corrected chi connectivity index (χ0v) is 16.4. The molecule has 1 heterocycles. The molecular formula is C22H22ClNO4. The van der Waals surface area contributed by atoms with Gasteiger partial charge in [0.15, 0.2) is 0 Å². The Hall–Kier alpha value is -2.76. The summed E-state index contributed by atoms with van der Waals surface area (Å²) in [5.74, 6) is 2.12. The molecule has 0 radical (unpaired) electrons. The summed E-state index contributed by atoms with van der Waals surface area (Å²) in [5.41, 5.74) is 1.46. The zero-order valence-electron chi connectivity index (χ0n) is 15.6. The van der Waals surface area contributed by atoms with Crippen molar-refractivity contribution < 1.29 is 19.1 Å². The normalized spacial score (nSPS) is 10.7. The first kappa shape index (κ1) is 20.0. The first-order valence-corrected chi connectivity index (χ1v) is 9.40. The number of rotatable bonds is 8. The van der Waals surface area contributed by atoms with Crippen LogP contribution in [-0.2, 0) is 0 Å². The van der Waals surface area contributed by atoms with Crippen molar-refractivity contribution in [2.45, 2.75) is 6.92 Å². The lowest BCUT2D eigenvalue weighted by Gasteiger charge is -2.22. The minimum atomic E-state index is -0.157. The van der Waals surface area contributed by atoms with Gasteiger partial charge in [0.25, 0.3) is 5.91 Å². The summed E-state index contributed by atoms with van der Waals surface area (Å²) in [5, 5.41) is 9.95. The highest BCUT2D eigenvalue weighted by molar-refractivity contribution is 6.30. The minimum absolute atomic E-state index is 0.115. The number of aliphatic hydroxyl groups excluding tert-OH is 1. The van der Waals surface area contributed by atoms with Crippen LogP contribution in [0.25, 0.3) is 11.3 Å². The first-order valence-electron chi connectivity index (χ1n) is 9.02. The van der Waals surface area contributed by atoms with Gasteiger partial charge in [-0.05, 0) is 55.5 Å². The molecule has 0 fully saturated rings. The number of halogens is 1. The molecule has 0 saturated carbocycles. The Labute approximate surface area is 169 Å². The molecule has 1 aromatic heterocycles. The fourth-order valence-electron chi connectivity index (χ4n) is 2.79. The summed E-state index contributed by atoms with van der Waals surface area (Å²) in [6.07, 6.45) is 0. The molecule has 0 spiro atoms. The van der Waals surface area contributed by atoms with Crippen LogP contribution in [-0.4, -0.2) is 42.2 Å². The van der Waals surface area contributed by atoms with Gasteiger partial charge in [0.1, 0.15) is 23.9 Å². The number of hydrogen-bond donors (Lipinski definition) is 1. The number of carbonyl (C=O) groups is 1. The van der Waals surface area contributed by atoms with Gasteiger partial charge < -0.3 is 19.2 Å². The van der Waals surface area contributed by atoms with E-state index in [2.05, 4.69) is 0 Å². The summed E-state index contributed by atoms with van der Waals surface area (Å²) in [7, 11) is 0. The Morgan fingerprint density at radius 3 is 2.36 bits per heavy atom. The van der Waals surface area contributed by atoms with E-state index < -0.39 is 0 Å². The molecule has 0 aliphatic heterocycles. The van der Waals surface area contributed by atoms with Crippen LogP contribution in [0.2, 0.25) is 5.02 Å². The summed E-state index contributed by atoms with van der Waals surface area (Å²) < 4.78 is 11.3. The molecule has 0 unspecified atom stereocenters. The van der Waals surface area contributed by atoms with Crippen molar-refractivity contribution in [2.24, 2.45) is 0 Å². The molecule has 1 amide bonds. The van der Waals surface area contributed by atoms with Crippen LogP contribution >= 0.6 is 11.6 Å². The fourth-order valence-corrected chi connectivity index (χ4v) is 2.92. The maximum atomic E-state index is 12.8. The van der Waals surface area contributed by atoms with Gasteiger partial charge in [0.05, 0.1) is 13.2 Å². The quantitative estimate of drug-likeness (QED) is 0.609. The summed E-state index contributed by atoms with van der Waals surface area (Å²) in [6, 6.07) is 18.1. The Kier molecular flexibility index (Phi) is 6.74. The second kappa shape index (κ2) is 9.44. The molecule has 1 N–H and O–H groups in total. The molecular weight excluding hydrogens is 378 g/mol. The molecule has 146 valence electrons. The third-order valence-electron chi connectivity index (χ3n) is 4.26. The van der Waals surface area contributed by atoms with E-state index in [9.17, 15) is 9.90 Å². The smallest absolute Gasteiger partial charge is 0.254 e. The SMILES string of the molecule is Cc1ccc(-c2ccc(C(=O)N(CCO)CCOc3ccc(Cl)cc3)cc2)o1. The largest absolute Gasteiger partial charge is 0.492 e. The second-order valence-electron chi connectivity index (χ2n) is 6.31. The molecule has 0 aliphatic carbocycles. The molecule has 0 bridgehead atoms. The predicted octanol–water partition coefficient (Wildman–Crippen LogP) is 4.42. The maximum Gasteiger partial charge on any atom is 0.254 e. The third-order valence-corrected chi connectivity index (χ3v) is 4.51. The van der Waals surface area contributed by atoms with Crippen molar-refractivity contribution in [1.82, 2.24) is 4.90 Å². The number of nitrogens with zero attached hydrogens (tertiary/aromatic N) is 1. The van der Waals surface area contributed by atoms with E-state index >= 15 is 0 Å². The van der Waals surface area contributed by atoms with Gasteiger partial charge in [-0.2, -0.15) is 0 Å². The topological polar surface area (TPSA) is 62.9 Å². The van der Waals surface area contributed by atoms with Crippen LogP contribution in [0.1, 0.15) is 16.1 Å². The summed E-state index contributed by atoms with van der Waals surface area (Å²) in [6.45, 7) is 2.69. The molecule has 5 nitrogen and oxygen atoms in total. The van der Waals surface area contributed by atoms with E-state index in [0.29, 0.717) is 29.5 Å². The lowest BCUT2D eigenvalue weighted by Crippen LogP contribution is -2.36. The van der Waals surface area contributed by atoms with E-state index in [4.69, 9.17) is 20.8 Å². The van der Waals surface area contributed by atoms with E-state index in [1.807, 2.05) is 31.2 Å². The van der Waals surface area contributed by atoms with Gasteiger partial charge >= 0.3 is 0 Å². The van der Waals surface area contributed by atoms with Crippen molar-refractivity contribution in [2.75, 3.05) is 26.3 Å². The highest BCUT2D eigenvalue weighted by Gasteiger charge is 2.16. The number of amides is 1. The highest BCUT2D eigenvalue weighted by atomic mass is 35.5. The standard InChI is InChI=1S/C22H22ClNO4/c1-16-2-11-21(28-16)17-3-5-18(6-4-17)22(26)24(12-14-25)13-15-27-20-9-7-19(23)8-10-20/h2-11,25H,12-15H2,1H3. The van der Waals surface area contributed by atoms with Gasteiger partial charge in [-0.1, -0.05) is 23.7 Å². The van der Waals surface area contributed by atoms with Gasteiger partial charge in [-0.3, -0.25) is 4.79 Å². The average molecular weight is 400 g/mol. The lowest BCUT2D eigenvalue weighted by molar-refractivity contribution is 0.0693. The Balaban J connectivity index is 1.62. The molecule has 2 aromatic carbocycles. The summed E-state index contributed by atoms with van der Waals surface area (Å²) in [4.78, 5) is 14.4. The van der Waals surface area contributed by atoms with Crippen molar-refractivity contribution in [3.63, 3.8) is 0 Å². The molecule has 0 saturated heterocycles. The number of benzene rings is 2. The highest BCUT2D eigenvalue weighted by Crippen LogP contribution is 2.22. The Bertz CT molecular complexity index is 903. The van der Waals surface area contributed by atoms with Gasteiger partial charge in [-0.25, -0.2) is 0 Å². The number of hydrogen-bond acceptors (Lipinski definition) is 4. The predicted molar refractivity (Wildman–Crippen MR) is 109 cm³/mol. The number of carbonyl (C=O) groups excluding carboxylic acids is 1. The van der Waals surface area contributed by atoms with E-state index in [-0.39, 0.29) is 19.1 Å². The molecule has 0 aliphatic rings. The fraction of sp³-hybridized carbons (Fsp3) is 0.227. The van der Waals surface area contributed by atoms with Crippen LogP contribution in [0.4, 0.5) is 0 Å². The van der Waals surface area contributed by atoms with Crippen LogP contribution in [0, 0.1) is 6.92 Å².